The van der Waals surface area contributed by atoms with Crippen molar-refractivity contribution >= 4 is 11.8 Å². The number of nitriles is 1. The van der Waals surface area contributed by atoms with Gasteiger partial charge in [0.1, 0.15) is 5.54 Å². The molecule has 0 spiro atoms. The Morgan fingerprint density at radius 3 is 2.75 bits per heavy atom. The average molecular weight is 333 g/mol. The van der Waals surface area contributed by atoms with E-state index >= 15 is 0 Å². The van der Waals surface area contributed by atoms with Crippen LogP contribution in [-0.4, -0.2) is 41.9 Å². The van der Waals surface area contributed by atoms with Crippen LogP contribution in [0.2, 0.25) is 0 Å². The number of amides is 2. The molecule has 2 rings (SSSR count). The number of hydrogen-bond donors (Lipinski definition) is 2. The summed E-state index contributed by atoms with van der Waals surface area (Å²) in [5, 5.41) is 12.4. The Morgan fingerprint density at radius 2 is 2.12 bits per heavy atom. The number of nitrogens with one attached hydrogen (secondary N) is 1. The Morgan fingerprint density at radius 1 is 1.42 bits per heavy atom. The minimum atomic E-state index is -0.850. The fraction of sp³-hybridized carbons (Fsp3) is 0.778. The second kappa shape index (κ2) is 8.48. The molecule has 0 aromatic heterocycles. The number of carbonyl (C=O) groups is 2. The standard InChI is InChI=1S/C18H29N4O2/c1-14(17(20)24)11-22-10-9-18(12-19,13-22)21-16(23)8-7-15-5-3-2-4-6-15/h8,14-15H,2-7,9-11,13H2,1H3,(H2,20,24)(H,21,23). The fourth-order valence-electron chi connectivity index (χ4n) is 3.73. The molecule has 24 heavy (non-hydrogen) atoms. The van der Waals surface area contributed by atoms with E-state index in [1.54, 1.807) is 13.3 Å². The third-order valence-electron chi connectivity index (χ3n) is 5.30. The van der Waals surface area contributed by atoms with Crippen molar-refractivity contribution in [1.29, 1.82) is 5.26 Å². The predicted octanol–water partition coefficient (Wildman–Crippen LogP) is 1.37. The van der Waals surface area contributed by atoms with Gasteiger partial charge in [0.05, 0.1) is 6.07 Å². The number of primary amides is 1. The van der Waals surface area contributed by atoms with Crippen molar-refractivity contribution in [2.24, 2.45) is 17.6 Å². The predicted molar refractivity (Wildman–Crippen MR) is 91.4 cm³/mol. The summed E-state index contributed by atoms with van der Waals surface area (Å²) in [6, 6.07) is 2.27. The van der Waals surface area contributed by atoms with Crippen molar-refractivity contribution in [3.63, 3.8) is 0 Å². The molecule has 1 radical (unpaired) electrons. The first-order chi connectivity index (χ1) is 11.4. The summed E-state index contributed by atoms with van der Waals surface area (Å²) in [6.07, 6.45) is 9.32. The molecule has 1 saturated heterocycles. The number of nitrogens with zero attached hydrogens (tertiary/aromatic N) is 2. The molecule has 0 aromatic rings. The minimum Gasteiger partial charge on any atom is -0.369 e. The number of rotatable bonds is 7. The molecule has 2 amide bonds. The van der Waals surface area contributed by atoms with E-state index in [0.717, 1.165) is 6.42 Å². The molecule has 6 nitrogen and oxygen atoms in total. The highest BCUT2D eigenvalue weighted by molar-refractivity contribution is 5.85. The molecule has 0 bridgehead atoms. The fourth-order valence-corrected chi connectivity index (χ4v) is 3.73. The van der Waals surface area contributed by atoms with Gasteiger partial charge in [0.2, 0.25) is 11.8 Å². The van der Waals surface area contributed by atoms with Gasteiger partial charge in [-0.05, 0) is 18.8 Å². The van der Waals surface area contributed by atoms with E-state index in [9.17, 15) is 14.9 Å². The lowest BCUT2D eigenvalue weighted by molar-refractivity contribution is -0.122. The second-order valence-electron chi connectivity index (χ2n) is 7.42. The Bertz CT molecular complexity index is 496. The second-order valence-corrected chi connectivity index (χ2v) is 7.42. The Labute approximate surface area is 144 Å². The zero-order valence-corrected chi connectivity index (χ0v) is 14.6. The van der Waals surface area contributed by atoms with Gasteiger partial charge in [-0.2, -0.15) is 5.26 Å². The number of likely N-dealkylation sites (tertiary alicyclic amines) is 1. The maximum Gasteiger partial charge on any atom is 0.225 e. The maximum absolute atomic E-state index is 12.2. The summed E-state index contributed by atoms with van der Waals surface area (Å²) >= 11 is 0. The number of hydrogen-bond acceptors (Lipinski definition) is 4. The third-order valence-corrected chi connectivity index (χ3v) is 5.30. The van der Waals surface area contributed by atoms with Crippen LogP contribution in [0, 0.1) is 29.6 Å². The molecular formula is C18H29N4O2. The van der Waals surface area contributed by atoms with Crippen molar-refractivity contribution in [3.8, 4) is 6.07 Å². The van der Waals surface area contributed by atoms with E-state index in [0.29, 0.717) is 32.0 Å². The van der Waals surface area contributed by atoms with Gasteiger partial charge >= 0.3 is 0 Å². The van der Waals surface area contributed by atoms with Crippen LogP contribution in [0.25, 0.3) is 0 Å². The third kappa shape index (κ3) is 5.20. The Balaban J connectivity index is 1.79. The maximum atomic E-state index is 12.2. The molecule has 1 heterocycles. The van der Waals surface area contributed by atoms with E-state index in [2.05, 4.69) is 11.4 Å². The van der Waals surface area contributed by atoms with Crippen LogP contribution >= 0.6 is 0 Å². The van der Waals surface area contributed by atoms with Gasteiger partial charge in [-0.25, -0.2) is 0 Å². The zero-order chi connectivity index (χ0) is 17.6. The van der Waals surface area contributed by atoms with Crippen LogP contribution in [0.4, 0.5) is 0 Å². The van der Waals surface area contributed by atoms with E-state index in [1.807, 2.05) is 4.90 Å². The zero-order valence-electron chi connectivity index (χ0n) is 14.6. The molecular weight excluding hydrogens is 304 g/mol. The van der Waals surface area contributed by atoms with Crippen molar-refractivity contribution in [2.45, 2.75) is 57.4 Å². The average Bonchev–Trinajstić information content (AvgIpc) is 2.97. The molecule has 133 valence electrons. The molecule has 1 saturated carbocycles. The summed E-state index contributed by atoms with van der Waals surface area (Å²) in [5.74, 6) is -0.131. The highest BCUT2D eigenvalue weighted by Crippen LogP contribution is 2.27. The van der Waals surface area contributed by atoms with Gasteiger partial charge in [0.15, 0.2) is 0 Å². The lowest BCUT2D eigenvalue weighted by Crippen LogP contribution is -2.50. The molecule has 0 aromatic carbocycles. The van der Waals surface area contributed by atoms with Crippen LogP contribution in [0.1, 0.15) is 51.9 Å². The Kier molecular flexibility index (Phi) is 6.61. The molecule has 2 fully saturated rings. The highest BCUT2D eigenvalue weighted by Gasteiger charge is 2.40. The van der Waals surface area contributed by atoms with Crippen molar-refractivity contribution in [1.82, 2.24) is 10.2 Å². The van der Waals surface area contributed by atoms with Crippen LogP contribution < -0.4 is 11.1 Å². The molecule has 2 aliphatic rings. The number of nitrogens with two attached hydrogens (primary N) is 1. The molecule has 2 unspecified atom stereocenters. The molecule has 3 N–H and O–H groups in total. The van der Waals surface area contributed by atoms with Crippen LogP contribution in [0.15, 0.2) is 0 Å². The summed E-state index contributed by atoms with van der Waals surface area (Å²) in [4.78, 5) is 25.4. The van der Waals surface area contributed by atoms with Crippen molar-refractivity contribution in [2.75, 3.05) is 19.6 Å². The summed E-state index contributed by atoms with van der Waals surface area (Å²) in [7, 11) is 0. The summed E-state index contributed by atoms with van der Waals surface area (Å²) in [5.41, 5.74) is 4.45. The topological polar surface area (TPSA) is 99.2 Å². The van der Waals surface area contributed by atoms with Gasteiger partial charge in [-0.1, -0.05) is 39.0 Å². The van der Waals surface area contributed by atoms with E-state index in [1.165, 1.54) is 32.1 Å². The van der Waals surface area contributed by atoms with Crippen LogP contribution in [0.3, 0.4) is 0 Å². The lowest BCUT2D eigenvalue weighted by Gasteiger charge is -2.25. The first-order valence-electron chi connectivity index (χ1n) is 9.02. The van der Waals surface area contributed by atoms with Crippen LogP contribution in [-0.2, 0) is 9.59 Å². The van der Waals surface area contributed by atoms with Crippen molar-refractivity contribution in [3.05, 3.63) is 6.42 Å². The quantitative estimate of drug-likeness (QED) is 0.735. The van der Waals surface area contributed by atoms with Gasteiger partial charge in [-0.3, -0.25) is 14.5 Å². The monoisotopic (exact) mass is 333 g/mol. The normalized spacial score (nSPS) is 26.7. The lowest BCUT2D eigenvalue weighted by atomic mass is 9.86. The van der Waals surface area contributed by atoms with E-state index in [-0.39, 0.29) is 17.7 Å². The summed E-state index contributed by atoms with van der Waals surface area (Å²) < 4.78 is 0. The smallest absolute Gasteiger partial charge is 0.225 e. The molecule has 1 aliphatic heterocycles. The first kappa shape index (κ1) is 18.7. The van der Waals surface area contributed by atoms with Gasteiger partial charge < -0.3 is 11.1 Å². The number of carbonyl (C=O) groups excluding carboxylic acids is 2. The summed E-state index contributed by atoms with van der Waals surface area (Å²) in [6.45, 7) is 3.45. The van der Waals surface area contributed by atoms with Gasteiger partial charge in [-0.15, -0.1) is 0 Å². The van der Waals surface area contributed by atoms with E-state index < -0.39 is 5.54 Å². The van der Waals surface area contributed by atoms with Gasteiger partial charge in [0.25, 0.3) is 0 Å². The first-order valence-corrected chi connectivity index (χ1v) is 9.02. The molecule has 2 atom stereocenters. The largest absolute Gasteiger partial charge is 0.369 e. The minimum absolute atomic E-state index is 0.146. The van der Waals surface area contributed by atoms with E-state index in [4.69, 9.17) is 5.73 Å². The van der Waals surface area contributed by atoms with Crippen LogP contribution in [0.5, 0.6) is 0 Å². The SMILES string of the molecule is CC(CN1CCC(C#N)(NC(=O)[CH]CC2CCCCC2)C1)C(N)=O. The van der Waals surface area contributed by atoms with Gasteiger partial charge in [0, 0.05) is 32.0 Å². The molecule has 6 heteroatoms. The molecule has 1 aliphatic carbocycles. The highest BCUT2D eigenvalue weighted by atomic mass is 16.2. The van der Waals surface area contributed by atoms with Crippen molar-refractivity contribution < 1.29 is 9.59 Å². The Hall–Kier alpha value is -1.61.